The molecule has 2 aromatic carbocycles. The van der Waals surface area contributed by atoms with E-state index in [1.165, 1.54) is 10.5 Å². The first-order chi connectivity index (χ1) is 10.2. The maximum Gasteiger partial charge on any atom is 0.157 e. The summed E-state index contributed by atoms with van der Waals surface area (Å²) in [6, 6.07) is 11.9. The fourth-order valence-electron chi connectivity index (χ4n) is 2.91. The Balaban J connectivity index is 0.00000176. The van der Waals surface area contributed by atoms with Gasteiger partial charge >= 0.3 is 0 Å². The van der Waals surface area contributed by atoms with Gasteiger partial charge in [-0.05, 0) is 60.2 Å². The molecule has 0 fully saturated rings. The first-order valence-electron chi connectivity index (χ1n) is 7.08. The molecule has 0 saturated heterocycles. The van der Waals surface area contributed by atoms with Crippen molar-refractivity contribution in [1.82, 2.24) is 5.32 Å². The molecule has 0 spiro atoms. The molecule has 3 rings (SSSR count). The van der Waals surface area contributed by atoms with Gasteiger partial charge < -0.3 is 15.5 Å². The van der Waals surface area contributed by atoms with Gasteiger partial charge in [-0.25, -0.2) is 0 Å². The third-order valence-corrected chi connectivity index (χ3v) is 4.75. The number of fused-ring (bicyclic) bond motifs is 1. The molecule has 1 heterocycles. The van der Waals surface area contributed by atoms with Crippen LogP contribution in [-0.4, -0.2) is 29.6 Å². The van der Waals surface area contributed by atoms with Crippen molar-refractivity contribution in [2.75, 3.05) is 19.3 Å². The Labute approximate surface area is 145 Å². The topological polar surface area (TPSA) is 52.5 Å². The van der Waals surface area contributed by atoms with Gasteiger partial charge in [0.2, 0.25) is 0 Å². The SMILES string of the molecule is Br.CSc1cccc(C2CNCCc3cc(O)c(O)cc32)c1. The molecule has 0 aromatic heterocycles. The van der Waals surface area contributed by atoms with Crippen molar-refractivity contribution in [2.24, 2.45) is 0 Å². The van der Waals surface area contributed by atoms with Crippen LogP contribution in [0.3, 0.4) is 0 Å². The van der Waals surface area contributed by atoms with Crippen molar-refractivity contribution in [2.45, 2.75) is 17.2 Å². The summed E-state index contributed by atoms with van der Waals surface area (Å²) < 4.78 is 0. The number of thioether (sulfide) groups is 1. The van der Waals surface area contributed by atoms with Gasteiger partial charge in [0.15, 0.2) is 11.5 Å². The molecule has 1 aliphatic rings. The zero-order valence-electron chi connectivity index (χ0n) is 12.4. The van der Waals surface area contributed by atoms with E-state index in [9.17, 15) is 10.2 Å². The van der Waals surface area contributed by atoms with E-state index < -0.39 is 0 Å². The molecule has 0 saturated carbocycles. The summed E-state index contributed by atoms with van der Waals surface area (Å²) in [5, 5.41) is 23.0. The van der Waals surface area contributed by atoms with Crippen LogP contribution in [0.1, 0.15) is 22.6 Å². The Morgan fingerprint density at radius 1 is 1.14 bits per heavy atom. The van der Waals surface area contributed by atoms with E-state index in [-0.39, 0.29) is 34.4 Å². The van der Waals surface area contributed by atoms with Crippen LogP contribution < -0.4 is 5.32 Å². The lowest BCUT2D eigenvalue weighted by molar-refractivity contribution is 0.402. The zero-order valence-corrected chi connectivity index (χ0v) is 14.9. The Morgan fingerprint density at radius 2 is 1.91 bits per heavy atom. The molecule has 1 atom stereocenters. The highest BCUT2D eigenvalue weighted by molar-refractivity contribution is 8.93. The van der Waals surface area contributed by atoms with Crippen LogP contribution >= 0.6 is 28.7 Å². The number of aromatic hydroxyl groups is 2. The molecular formula is C17H20BrNO2S. The van der Waals surface area contributed by atoms with E-state index in [0.717, 1.165) is 30.6 Å². The molecule has 5 heteroatoms. The number of halogens is 1. The van der Waals surface area contributed by atoms with Gasteiger partial charge in [-0.2, -0.15) is 0 Å². The van der Waals surface area contributed by atoms with Crippen LogP contribution in [0.5, 0.6) is 11.5 Å². The molecule has 0 bridgehead atoms. The number of hydrogen-bond acceptors (Lipinski definition) is 4. The fraction of sp³-hybridized carbons (Fsp3) is 0.294. The second kappa shape index (κ2) is 7.40. The molecule has 3 N–H and O–H groups in total. The molecule has 0 aliphatic carbocycles. The van der Waals surface area contributed by atoms with Crippen LogP contribution in [0.25, 0.3) is 0 Å². The molecule has 3 nitrogen and oxygen atoms in total. The van der Waals surface area contributed by atoms with Gasteiger partial charge in [-0.3, -0.25) is 0 Å². The second-order valence-corrected chi connectivity index (χ2v) is 6.20. The van der Waals surface area contributed by atoms with Gasteiger partial charge in [-0.15, -0.1) is 28.7 Å². The molecule has 2 aromatic rings. The predicted octanol–water partition coefficient (Wildman–Crippen LogP) is 3.68. The lowest BCUT2D eigenvalue weighted by Crippen LogP contribution is -2.20. The molecule has 118 valence electrons. The third-order valence-electron chi connectivity index (χ3n) is 4.03. The van der Waals surface area contributed by atoms with Gasteiger partial charge in [0.25, 0.3) is 0 Å². The Hall–Kier alpha value is -1.17. The first kappa shape index (κ1) is 17.2. The summed E-state index contributed by atoms with van der Waals surface area (Å²) in [5.41, 5.74) is 3.45. The van der Waals surface area contributed by atoms with Crippen molar-refractivity contribution in [3.8, 4) is 11.5 Å². The lowest BCUT2D eigenvalue weighted by Gasteiger charge is -2.19. The summed E-state index contributed by atoms with van der Waals surface area (Å²) in [4.78, 5) is 1.24. The zero-order chi connectivity index (χ0) is 14.8. The fourth-order valence-corrected chi connectivity index (χ4v) is 3.38. The second-order valence-electron chi connectivity index (χ2n) is 5.32. The van der Waals surface area contributed by atoms with E-state index in [4.69, 9.17) is 0 Å². The van der Waals surface area contributed by atoms with Crippen molar-refractivity contribution in [1.29, 1.82) is 0 Å². The average molecular weight is 382 g/mol. The maximum atomic E-state index is 9.86. The summed E-state index contributed by atoms with van der Waals surface area (Å²) in [6.07, 6.45) is 2.93. The van der Waals surface area contributed by atoms with Crippen molar-refractivity contribution in [3.05, 3.63) is 53.1 Å². The lowest BCUT2D eigenvalue weighted by atomic mass is 9.88. The minimum absolute atomic E-state index is 0. The number of nitrogens with one attached hydrogen (secondary N) is 1. The number of hydrogen-bond donors (Lipinski definition) is 3. The Kier molecular flexibility index (Phi) is 5.78. The van der Waals surface area contributed by atoms with Gasteiger partial charge in [-0.1, -0.05) is 12.1 Å². The molecule has 22 heavy (non-hydrogen) atoms. The van der Waals surface area contributed by atoms with E-state index in [1.807, 2.05) is 0 Å². The Bertz CT molecular complexity index is 663. The van der Waals surface area contributed by atoms with Crippen LogP contribution in [0.15, 0.2) is 41.3 Å². The summed E-state index contributed by atoms with van der Waals surface area (Å²) in [7, 11) is 0. The van der Waals surface area contributed by atoms with Crippen LogP contribution in [0.4, 0.5) is 0 Å². The van der Waals surface area contributed by atoms with E-state index >= 15 is 0 Å². The van der Waals surface area contributed by atoms with Gasteiger partial charge in [0, 0.05) is 17.4 Å². The highest BCUT2D eigenvalue weighted by Crippen LogP contribution is 2.36. The standard InChI is InChI=1S/C17H19NO2S.BrH/c1-21-13-4-2-3-11(7-13)15-10-18-6-5-12-8-16(19)17(20)9-14(12)15;/h2-4,7-9,15,18-20H,5-6,10H2,1H3;1H. The number of phenolic OH excluding ortho intramolecular Hbond substituents is 2. The number of phenols is 2. The van der Waals surface area contributed by atoms with Crippen molar-refractivity contribution >= 4 is 28.7 Å². The van der Waals surface area contributed by atoms with Gasteiger partial charge in [0.1, 0.15) is 0 Å². The quantitative estimate of drug-likeness (QED) is 0.548. The van der Waals surface area contributed by atoms with E-state index in [1.54, 1.807) is 23.9 Å². The molecule has 0 amide bonds. The van der Waals surface area contributed by atoms with Crippen LogP contribution in [0, 0.1) is 0 Å². The minimum Gasteiger partial charge on any atom is -0.504 e. The normalized spacial score (nSPS) is 17.2. The third kappa shape index (κ3) is 3.42. The predicted molar refractivity (Wildman–Crippen MR) is 96.7 cm³/mol. The molecule has 1 unspecified atom stereocenters. The smallest absolute Gasteiger partial charge is 0.157 e. The van der Waals surface area contributed by atoms with Gasteiger partial charge in [0.05, 0.1) is 0 Å². The first-order valence-corrected chi connectivity index (χ1v) is 8.31. The average Bonchev–Trinajstić information content (AvgIpc) is 2.70. The van der Waals surface area contributed by atoms with E-state index in [2.05, 4.69) is 35.8 Å². The Morgan fingerprint density at radius 3 is 2.68 bits per heavy atom. The highest BCUT2D eigenvalue weighted by Gasteiger charge is 2.22. The largest absolute Gasteiger partial charge is 0.504 e. The molecule has 0 radical (unpaired) electrons. The van der Waals surface area contributed by atoms with Crippen LogP contribution in [-0.2, 0) is 6.42 Å². The van der Waals surface area contributed by atoms with Crippen LogP contribution in [0.2, 0.25) is 0 Å². The summed E-state index contributed by atoms with van der Waals surface area (Å²) >= 11 is 1.73. The number of rotatable bonds is 2. The summed E-state index contributed by atoms with van der Waals surface area (Å²) in [6.45, 7) is 1.73. The maximum absolute atomic E-state index is 9.86. The summed E-state index contributed by atoms with van der Waals surface area (Å²) in [5.74, 6) is 0.120. The molecular weight excluding hydrogens is 362 g/mol. The minimum atomic E-state index is -0.0401. The number of benzene rings is 2. The van der Waals surface area contributed by atoms with Crippen molar-refractivity contribution < 1.29 is 10.2 Å². The molecule has 1 aliphatic heterocycles. The van der Waals surface area contributed by atoms with Crippen molar-refractivity contribution in [3.63, 3.8) is 0 Å². The monoisotopic (exact) mass is 381 g/mol. The highest BCUT2D eigenvalue weighted by atomic mass is 79.9. The van der Waals surface area contributed by atoms with E-state index in [0.29, 0.717) is 0 Å².